The summed E-state index contributed by atoms with van der Waals surface area (Å²) >= 11 is 0. The van der Waals surface area contributed by atoms with E-state index in [0.29, 0.717) is 0 Å². The number of carbonyl (C=O) groups is 2. The molecule has 0 aliphatic carbocycles. The predicted molar refractivity (Wildman–Crippen MR) is 69.4 cm³/mol. The fourth-order valence-corrected chi connectivity index (χ4v) is 1.50. The maximum absolute atomic E-state index is 11.9. The number of aromatic nitrogens is 2. The third-order valence-electron chi connectivity index (χ3n) is 2.41. The van der Waals surface area contributed by atoms with Gasteiger partial charge in [-0.15, -0.1) is 0 Å². The molecule has 0 fully saturated rings. The summed E-state index contributed by atoms with van der Waals surface area (Å²) in [5.41, 5.74) is 0.448. The first-order valence-electron chi connectivity index (χ1n) is 5.97. The molecule has 1 aromatic carbocycles. The van der Waals surface area contributed by atoms with E-state index in [9.17, 15) is 9.59 Å². The van der Waals surface area contributed by atoms with Crippen LogP contribution < -0.4 is 4.74 Å². The van der Waals surface area contributed by atoms with Crippen LogP contribution in [0.1, 0.15) is 27.6 Å². The van der Waals surface area contributed by atoms with Crippen LogP contribution in [0.25, 0.3) is 0 Å². The van der Waals surface area contributed by atoms with Gasteiger partial charge in [0.15, 0.2) is 0 Å². The summed E-state index contributed by atoms with van der Waals surface area (Å²) in [6.07, 6.45) is 2.67. The number of carbonyl (C=O) groups excluding carboxylic acids is 2. The van der Waals surface area contributed by atoms with Crippen LogP contribution in [0.2, 0.25) is 0 Å². The first kappa shape index (κ1) is 13.7. The van der Waals surface area contributed by atoms with E-state index in [1.165, 1.54) is 30.6 Å². The fourth-order valence-electron chi connectivity index (χ4n) is 1.50. The second kappa shape index (κ2) is 6.42. The third-order valence-corrected chi connectivity index (χ3v) is 2.41. The van der Waals surface area contributed by atoms with E-state index in [0.717, 1.165) is 0 Å². The van der Waals surface area contributed by atoms with E-state index in [4.69, 9.17) is 9.47 Å². The quantitative estimate of drug-likeness (QED) is 0.624. The van der Waals surface area contributed by atoms with Gasteiger partial charge in [-0.25, -0.2) is 9.59 Å². The molecule has 0 N–H and O–H groups in total. The van der Waals surface area contributed by atoms with Crippen molar-refractivity contribution in [1.29, 1.82) is 0 Å². The van der Waals surface area contributed by atoms with E-state index >= 15 is 0 Å². The van der Waals surface area contributed by atoms with E-state index < -0.39 is 11.9 Å². The van der Waals surface area contributed by atoms with Crippen molar-refractivity contribution >= 4 is 11.9 Å². The summed E-state index contributed by atoms with van der Waals surface area (Å²) in [5.74, 6) is -1.01. The summed E-state index contributed by atoms with van der Waals surface area (Å²) in [7, 11) is 0. The molecule has 0 unspecified atom stereocenters. The van der Waals surface area contributed by atoms with Crippen LogP contribution in [-0.4, -0.2) is 28.7 Å². The number of benzene rings is 1. The molecule has 2 aromatic rings. The summed E-state index contributed by atoms with van der Waals surface area (Å²) in [6, 6.07) is 7.86. The molecular formula is C14H12N2O4. The Hall–Kier alpha value is -2.76. The molecule has 2 rings (SSSR count). The highest BCUT2D eigenvalue weighted by Crippen LogP contribution is 2.20. The van der Waals surface area contributed by atoms with Crippen molar-refractivity contribution in [2.45, 2.75) is 6.92 Å². The van der Waals surface area contributed by atoms with Gasteiger partial charge in [0.25, 0.3) is 0 Å². The number of esters is 2. The molecule has 0 spiro atoms. The number of rotatable bonds is 4. The topological polar surface area (TPSA) is 78.4 Å². The van der Waals surface area contributed by atoms with E-state index in [2.05, 4.69) is 10.2 Å². The van der Waals surface area contributed by atoms with Crippen molar-refractivity contribution in [3.8, 4) is 5.75 Å². The molecular weight excluding hydrogens is 260 g/mol. The number of hydrogen-bond donors (Lipinski definition) is 0. The molecule has 0 aliphatic heterocycles. The van der Waals surface area contributed by atoms with Gasteiger partial charge in [-0.2, -0.15) is 10.2 Å². The average Bonchev–Trinajstić information content (AvgIpc) is 2.49. The molecule has 0 amide bonds. The maximum atomic E-state index is 11.9. The van der Waals surface area contributed by atoms with Crippen LogP contribution in [-0.2, 0) is 4.74 Å². The zero-order valence-electron chi connectivity index (χ0n) is 10.8. The largest absolute Gasteiger partial charge is 0.462 e. The minimum absolute atomic E-state index is 0.146. The highest BCUT2D eigenvalue weighted by molar-refractivity contribution is 5.96. The average molecular weight is 272 g/mol. The highest BCUT2D eigenvalue weighted by atomic mass is 16.5. The molecule has 1 aromatic heterocycles. The Kier molecular flexibility index (Phi) is 4.39. The Balaban J connectivity index is 2.21. The molecule has 0 aliphatic rings. The molecule has 0 atom stereocenters. The van der Waals surface area contributed by atoms with Gasteiger partial charge in [-0.1, -0.05) is 12.1 Å². The predicted octanol–water partition coefficient (Wildman–Crippen LogP) is 1.87. The van der Waals surface area contributed by atoms with E-state index in [1.807, 2.05) is 0 Å². The standard InChI is InChI=1S/C14H12N2O4/c1-2-19-14(18)11-5-3-4-6-12(11)20-13(17)10-7-8-15-16-9-10/h3-9H,2H2,1H3. The molecule has 0 saturated heterocycles. The number of ether oxygens (including phenoxy) is 2. The fraction of sp³-hybridized carbons (Fsp3) is 0.143. The number of nitrogens with zero attached hydrogens (tertiary/aromatic N) is 2. The summed E-state index contributed by atoms with van der Waals surface area (Å²) in [6.45, 7) is 1.95. The molecule has 0 saturated carbocycles. The second-order valence-electron chi connectivity index (χ2n) is 3.74. The van der Waals surface area contributed by atoms with Crippen LogP contribution >= 0.6 is 0 Å². The summed E-state index contributed by atoms with van der Waals surface area (Å²) < 4.78 is 10.1. The van der Waals surface area contributed by atoms with Gasteiger partial charge in [-0.05, 0) is 25.1 Å². The molecule has 1 heterocycles. The van der Waals surface area contributed by atoms with Gasteiger partial charge in [0.2, 0.25) is 0 Å². The van der Waals surface area contributed by atoms with Crippen molar-refractivity contribution in [1.82, 2.24) is 10.2 Å². The lowest BCUT2D eigenvalue weighted by atomic mass is 10.2. The Morgan fingerprint density at radius 2 is 1.90 bits per heavy atom. The Labute approximate surface area is 115 Å². The minimum Gasteiger partial charge on any atom is -0.462 e. The van der Waals surface area contributed by atoms with Gasteiger partial charge < -0.3 is 9.47 Å². The molecule has 102 valence electrons. The second-order valence-corrected chi connectivity index (χ2v) is 3.74. The van der Waals surface area contributed by atoms with Crippen molar-refractivity contribution in [2.75, 3.05) is 6.61 Å². The molecule has 0 bridgehead atoms. The van der Waals surface area contributed by atoms with Crippen LogP contribution in [0.4, 0.5) is 0 Å². The Morgan fingerprint density at radius 1 is 1.10 bits per heavy atom. The number of hydrogen-bond acceptors (Lipinski definition) is 6. The third kappa shape index (κ3) is 3.17. The molecule has 0 radical (unpaired) electrons. The van der Waals surface area contributed by atoms with Crippen molar-refractivity contribution in [3.05, 3.63) is 53.9 Å². The normalized spacial score (nSPS) is 9.85. The molecule has 20 heavy (non-hydrogen) atoms. The van der Waals surface area contributed by atoms with Crippen LogP contribution in [0, 0.1) is 0 Å². The van der Waals surface area contributed by atoms with E-state index in [-0.39, 0.29) is 23.5 Å². The zero-order valence-corrected chi connectivity index (χ0v) is 10.8. The zero-order chi connectivity index (χ0) is 14.4. The molecule has 6 heteroatoms. The van der Waals surface area contributed by atoms with Gasteiger partial charge in [0.1, 0.15) is 11.3 Å². The number of para-hydroxylation sites is 1. The first-order valence-corrected chi connectivity index (χ1v) is 5.97. The first-order chi connectivity index (χ1) is 9.72. The van der Waals surface area contributed by atoms with Gasteiger partial charge in [0, 0.05) is 0 Å². The Bertz CT molecular complexity index is 614. The molecule has 6 nitrogen and oxygen atoms in total. The summed E-state index contributed by atoms with van der Waals surface area (Å²) in [5, 5.41) is 7.16. The lowest BCUT2D eigenvalue weighted by Gasteiger charge is -2.08. The monoisotopic (exact) mass is 272 g/mol. The van der Waals surface area contributed by atoms with Crippen molar-refractivity contribution < 1.29 is 19.1 Å². The maximum Gasteiger partial charge on any atom is 0.345 e. The SMILES string of the molecule is CCOC(=O)c1ccccc1OC(=O)c1ccnnc1. The van der Waals surface area contributed by atoms with Gasteiger partial charge in [-0.3, -0.25) is 0 Å². The Morgan fingerprint density at radius 3 is 2.60 bits per heavy atom. The minimum atomic E-state index is -0.614. The highest BCUT2D eigenvalue weighted by Gasteiger charge is 2.16. The van der Waals surface area contributed by atoms with Crippen LogP contribution in [0.5, 0.6) is 5.75 Å². The summed E-state index contributed by atoms with van der Waals surface area (Å²) in [4.78, 5) is 23.7. The van der Waals surface area contributed by atoms with Crippen molar-refractivity contribution in [3.63, 3.8) is 0 Å². The van der Waals surface area contributed by atoms with E-state index in [1.54, 1.807) is 19.1 Å². The lowest BCUT2D eigenvalue weighted by molar-refractivity contribution is 0.0520. The van der Waals surface area contributed by atoms with Crippen LogP contribution in [0.15, 0.2) is 42.7 Å². The van der Waals surface area contributed by atoms with Gasteiger partial charge >= 0.3 is 11.9 Å². The smallest absolute Gasteiger partial charge is 0.345 e. The van der Waals surface area contributed by atoms with Gasteiger partial charge in [0.05, 0.1) is 24.6 Å². The van der Waals surface area contributed by atoms with Crippen molar-refractivity contribution in [2.24, 2.45) is 0 Å². The lowest BCUT2D eigenvalue weighted by Crippen LogP contribution is -2.13. The van der Waals surface area contributed by atoms with Crippen LogP contribution in [0.3, 0.4) is 0 Å².